The van der Waals surface area contributed by atoms with E-state index >= 15 is 0 Å². The molecule has 0 bridgehead atoms. The van der Waals surface area contributed by atoms with Gasteiger partial charge in [-0.05, 0) is 24.6 Å². The molecular formula is C14H14FNO3S2. The van der Waals surface area contributed by atoms with Crippen molar-refractivity contribution in [1.82, 2.24) is 5.32 Å². The van der Waals surface area contributed by atoms with Crippen molar-refractivity contribution in [2.24, 2.45) is 0 Å². The zero-order valence-corrected chi connectivity index (χ0v) is 12.9. The molecule has 0 aliphatic heterocycles. The molecule has 21 heavy (non-hydrogen) atoms. The minimum atomic E-state index is -0.873. The lowest BCUT2D eigenvalue weighted by Gasteiger charge is -2.03. The first-order valence-electron chi connectivity index (χ1n) is 6.26. The molecule has 2 N–H and O–H groups in total. The zero-order valence-electron chi connectivity index (χ0n) is 11.3. The van der Waals surface area contributed by atoms with Crippen LogP contribution >= 0.6 is 23.1 Å². The van der Waals surface area contributed by atoms with E-state index in [2.05, 4.69) is 5.32 Å². The van der Waals surface area contributed by atoms with Crippen molar-refractivity contribution in [3.63, 3.8) is 0 Å². The summed E-state index contributed by atoms with van der Waals surface area (Å²) in [6, 6.07) is 4.79. The molecule has 0 aliphatic carbocycles. The van der Waals surface area contributed by atoms with Gasteiger partial charge in [-0.1, -0.05) is 6.07 Å². The van der Waals surface area contributed by atoms with Gasteiger partial charge < -0.3 is 10.4 Å². The Morgan fingerprint density at radius 3 is 2.86 bits per heavy atom. The lowest BCUT2D eigenvalue weighted by Crippen LogP contribution is -2.25. The first-order valence-corrected chi connectivity index (χ1v) is 8.23. The van der Waals surface area contributed by atoms with E-state index in [1.54, 1.807) is 19.1 Å². The molecule has 2 aromatic rings. The zero-order chi connectivity index (χ0) is 15.4. The smallest absolute Gasteiger partial charge is 0.313 e. The number of rotatable bonds is 6. The highest BCUT2D eigenvalue weighted by molar-refractivity contribution is 7.99. The summed E-state index contributed by atoms with van der Waals surface area (Å²) in [7, 11) is 0. The molecule has 4 nitrogen and oxygen atoms in total. The molecule has 1 aromatic heterocycles. The predicted octanol–water partition coefficient (Wildman–Crippen LogP) is 2.90. The fourth-order valence-electron chi connectivity index (χ4n) is 1.95. The third kappa shape index (κ3) is 3.74. The summed E-state index contributed by atoms with van der Waals surface area (Å²) in [5, 5.41) is 11.7. The quantitative estimate of drug-likeness (QED) is 0.801. The molecule has 0 radical (unpaired) electrons. The fourth-order valence-corrected chi connectivity index (χ4v) is 3.65. The van der Waals surface area contributed by atoms with Gasteiger partial charge >= 0.3 is 5.97 Å². The Hall–Kier alpha value is -1.60. The van der Waals surface area contributed by atoms with E-state index in [1.807, 2.05) is 0 Å². The highest BCUT2D eigenvalue weighted by Gasteiger charge is 2.17. The average Bonchev–Trinajstić information content (AvgIpc) is 2.76. The highest BCUT2D eigenvalue weighted by Crippen LogP contribution is 2.32. The maximum atomic E-state index is 13.8. The van der Waals surface area contributed by atoms with Crippen LogP contribution in [0.5, 0.6) is 0 Å². The van der Waals surface area contributed by atoms with Crippen LogP contribution < -0.4 is 5.32 Å². The van der Waals surface area contributed by atoms with Gasteiger partial charge in [0.25, 0.3) is 5.91 Å². The van der Waals surface area contributed by atoms with Crippen molar-refractivity contribution >= 4 is 45.1 Å². The SMILES string of the molecule is Cc1c(C(=O)NCCSCC(=O)O)sc2cccc(F)c12. The Morgan fingerprint density at radius 2 is 2.19 bits per heavy atom. The number of halogens is 1. The number of hydrogen-bond donors (Lipinski definition) is 2. The third-order valence-corrected chi connectivity index (χ3v) is 5.07. The van der Waals surface area contributed by atoms with Crippen molar-refractivity contribution in [3.05, 3.63) is 34.5 Å². The summed E-state index contributed by atoms with van der Waals surface area (Å²) in [6.07, 6.45) is 0. The Balaban J connectivity index is 2.01. The van der Waals surface area contributed by atoms with Crippen LogP contribution in [0.2, 0.25) is 0 Å². The van der Waals surface area contributed by atoms with Gasteiger partial charge in [-0.3, -0.25) is 9.59 Å². The number of amides is 1. The number of aryl methyl sites for hydroxylation is 1. The lowest BCUT2D eigenvalue weighted by atomic mass is 10.1. The monoisotopic (exact) mass is 327 g/mol. The molecule has 7 heteroatoms. The number of thiophene rings is 1. The van der Waals surface area contributed by atoms with Gasteiger partial charge in [-0.25, -0.2) is 4.39 Å². The molecule has 0 atom stereocenters. The van der Waals surface area contributed by atoms with Crippen LogP contribution in [-0.4, -0.2) is 35.0 Å². The average molecular weight is 327 g/mol. The van der Waals surface area contributed by atoms with Crippen molar-refractivity contribution in [2.75, 3.05) is 18.1 Å². The van der Waals surface area contributed by atoms with E-state index < -0.39 is 5.97 Å². The predicted molar refractivity (Wildman–Crippen MR) is 83.8 cm³/mol. The summed E-state index contributed by atoms with van der Waals surface area (Å²) in [5.74, 6) is -0.900. The number of hydrogen-bond acceptors (Lipinski definition) is 4. The Morgan fingerprint density at radius 1 is 1.43 bits per heavy atom. The second-order valence-electron chi connectivity index (χ2n) is 4.37. The number of nitrogens with one attached hydrogen (secondary N) is 1. The summed E-state index contributed by atoms with van der Waals surface area (Å²) in [4.78, 5) is 22.9. The molecule has 0 spiro atoms. The van der Waals surface area contributed by atoms with Gasteiger partial charge in [0.05, 0.1) is 10.6 Å². The van der Waals surface area contributed by atoms with Gasteiger partial charge in [0.1, 0.15) is 5.82 Å². The van der Waals surface area contributed by atoms with Gasteiger partial charge in [-0.15, -0.1) is 23.1 Å². The summed E-state index contributed by atoms with van der Waals surface area (Å²) in [5.41, 5.74) is 0.642. The summed E-state index contributed by atoms with van der Waals surface area (Å²) in [6.45, 7) is 2.11. The summed E-state index contributed by atoms with van der Waals surface area (Å²) >= 11 is 2.50. The topological polar surface area (TPSA) is 66.4 Å². The number of carbonyl (C=O) groups is 2. The first kappa shape index (κ1) is 15.8. The van der Waals surface area contributed by atoms with E-state index in [0.717, 1.165) is 4.70 Å². The van der Waals surface area contributed by atoms with Crippen LogP contribution in [0.1, 0.15) is 15.2 Å². The minimum absolute atomic E-state index is 0.0169. The van der Waals surface area contributed by atoms with E-state index in [-0.39, 0.29) is 17.5 Å². The molecule has 2 rings (SSSR count). The van der Waals surface area contributed by atoms with Gasteiger partial charge in [0.15, 0.2) is 0 Å². The van der Waals surface area contributed by atoms with Crippen molar-refractivity contribution in [2.45, 2.75) is 6.92 Å². The summed E-state index contributed by atoms with van der Waals surface area (Å²) < 4.78 is 14.5. The second kappa shape index (κ2) is 6.91. The largest absolute Gasteiger partial charge is 0.481 e. The van der Waals surface area contributed by atoms with Crippen molar-refractivity contribution < 1.29 is 19.1 Å². The van der Waals surface area contributed by atoms with Crippen LogP contribution in [0, 0.1) is 12.7 Å². The Kier molecular flexibility index (Phi) is 5.19. The van der Waals surface area contributed by atoms with Gasteiger partial charge in [0, 0.05) is 22.4 Å². The number of thioether (sulfide) groups is 1. The molecule has 0 saturated carbocycles. The highest BCUT2D eigenvalue weighted by atomic mass is 32.2. The van der Waals surface area contributed by atoms with E-state index in [1.165, 1.54) is 29.2 Å². The molecular weight excluding hydrogens is 313 g/mol. The molecule has 1 aromatic carbocycles. The first-order chi connectivity index (χ1) is 10.0. The lowest BCUT2D eigenvalue weighted by molar-refractivity contribution is -0.133. The van der Waals surface area contributed by atoms with Crippen molar-refractivity contribution in [1.29, 1.82) is 0 Å². The molecule has 0 aliphatic rings. The molecule has 0 unspecified atom stereocenters. The second-order valence-corrected chi connectivity index (χ2v) is 6.53. The molecule has 1 amide bonds. The van der Waals surface area contributed by atoms with Gasteiger partial charge in [0.2, 0.25) is 0 Å². The van der Waals surface area contributed by atoms with Gasteiger partial charge in [-0.2, -0.15) is 0 Å². The Labute approximate surface area is 129 Å². The third-order valence-electron chi connectivity index (χ3n) is 2.87. The standard InChI is InChI=1S/C14H14FNO3S2/c1-8-12-9(15)3-2-4-10(12)21-13(8)14(19)16-5-6-20-7-11(17)18/h2-4H,5-7H2,1H3,(H,16,19)(H,17,18). The molecule has 0 fully saturated rings. The van der Waals surface area contributed by atoms with E-state index in [0.29, 0.717) is 28.1 Å². The number of benzene rings is 1. The number of aliphatic carboxylic acids is 1. The molecule has 1 heterocycles. The van der Waals surface area contributed by atoms with Crippen LogP contribution in [0.25, 0.3) is 10.1 Å². The number of carbonyl (C=O) groups excluding carboxylic acids is 1. The minimum Gasteiger partial charge on any atom is -0.481 e. The Bertz CT molecular complexity index is 684. The van der Waals surface area contributed by atoms with Crippen molar-refractivity contribution in [3.8, 4) is 0 Å². The normalized spacial score (nSPS) is 10.8. The van der Waals surface area contributed by atoms with E-state index in [9.17, 15) is 14.0 Å². The number of fused-ring (bicyclic) bond motifs is 1. The maximum Gasteiger partial charge on any atom is 0.313 e. The fraction of sp³-hybridized carbons (Fsp3) is 0.286. The maximum absolute atomic E-state index is 13.8. The van der Waals surface area contributed by atoms with Crippen LogP contribution in [0.3, 0.4) is 0 Å². The van der Waals surface area contributed by atoms with Crippen LogP contribution in [0.15, 0.2) is 18.2 Å². The number of carboxylic acids is 1. The van der Waals surface area contributed by atoms with Crippen LogP contribution in [-0.2, 0) is 4.79 Å². The number of carboxylic acid groups (broad SMARTS) is 1. The van der Waals surface area contributed by atoms with Crippen LogP contribution in [0.4, 0.5) is 4.39 Å². The molecule has 112 valence electrons. The molecule has 0 saturated heterocycles. The van der Waals surface area contributed by atoms with E-state index in [4.69, 9.17) is 5.11 Å².